The van der Waals surface area contributed by atoms with E-state index in [1.165, 1.54) is 18.9 Å². The number of aryl methyl sites for hydroxylation is 1. The summed E-state index contributed by atoms with van der Waals surface area (Å²) in [5.74, 6) is 2.07. The van der Waals surface area contributed by atoms with E-state index in [1.807, 2.05) is 20.0 Å². The van der Waals surface area contributed by atoms with Gasteiger partial charge >= 0.3 is 5.97 Å². The van der Waals surface area contributed by atoms with E-state index in [4.69, 9.17) is 0 Å². The van der Waals surface area contributed by atoms with Crippen molar-refractivity contribution in [1.29, 1.82) is 0 Å². The summed E-state index contributed by atoms with van der Waals surface area (Å²) in [5, 5.41) is 3.88. The Labute approximate surface area is 105 Å². The molecule has 0 radical (unpaired) electrons. The fourth-order valence-corrected chi connectivity index (χ4v) is 2.02. The van der Waals surface area contributed by atoms with Crippen LogP contribution in [0.1, 0.15) is 19.2 Å². The van der Waals surface area contributed by atoms with E-state index in [1.54, 1.807) is 0 Å². The summed E-state index contributed by atoms with van der Waals surface area (Å²) in [7, 11) is 3.22. The van der Waals surface area contributed by atoms with Gasteiger partial charge in [-0.3, -0.25) is 4.79 Å². The van der Waals surface area contributed by atoms with Crippen LogP contribution in [0, 0.1) is 0 Å². The van der Waals surface area contributed by atoms with Gasteiger partial charge in [0.05, 0.1) is 13.5 Å². The standard InChI is InChI=1S/C11H17N3O2S/c1-4-8-13-9(12-2)7-10(14-8)17-6-5-11(15)16-3/h7H,4-6H2,1-3H3,(H,12,13,14). The van der Waals surface area contributed by atoms with Crippen LogP contribution >= 0.6 is 11.8 Å². The number of hydrogen-bond donors (Lipinski definition) is 1. The second kappa shape index (κ2) is 7.11. The lowest BCUT2D eigenvalue weighted by atomic mass is 10.4. The zero-order valence-corrected chi connectivity index (χ0v) is 11.1. The SMILES string of the molecule is CCc1nc(NC)cc(SCCC(=O)OC)n1. The Kier molecular flexibility index (Phi) is 5.76. The van der Waals surface area contributed by atoms with Crippen molar-refractivity contribution in [2.75, 3.05) is 25.2 Å². The van der Waals surface area contributed by atoms with Crippen LogP contribution in [-0.2, 0) is 16.0 Å². The van der Waals surface area contributed by atoms with E-state index >= 15 is 0 Å². The molecule has 0 saturated carbocycles. The molecule has 94 valence electrons. The fourth-order valence-electron chi connectivity index (χ4n) is 1.17. The molecule has 0 spiro atoms. The Morgan fingerprint density at radius 3 is 2.88 bits per heavy atom. The molecule has 0 amide bonds. The second-order valence-corrected chi connectivity index (χ2v) is 4.40. The Bertz CT molecular complexity index is 363. The lowest BCUT2D eigenvalue weighted by Crippen LogP contribution is -2.03. The molecule has 1 N–H and O–H groups in total. The predicted octanol–water partition coefficient (Wildman–Crippen LogP) is 1.74. The first kappa shape index (κ1) is 13.8. The number of carbonyl (C=O) groups is 1. The molecule has 17 heavy (non-hydrogen) atoms. The van der Waals surface area contributed by atoms with Crippen molar-refractivity contribution < 1.29 is 9.53 Å². The molecule has 0 fully saturated rings. The zero-order chi connectivity index (χ0) is 12.7. The molecule has 0 atom stereocenters. The van der Waals surface area contributed by atoms with E-state index < -0.39 is 0 Å². The number of thioether (sulfide) groups is 1. The van der Waals surface area contributed by atoms with Gasteiger partial charge in [-0.05, 0) is 0 Å². The molecule has 1 heterocycles. The number of aromatic nitrogens is 2. The number of esters is 1. The van der Waals surface area contributed by atoms with Gasteiger partial charge in [-0.15, -0.1) is 11.8 Å². The Morgan fingerprint density at radius 2 is 2.29 bits per heavy atom. The lowest BCUT2D eigenvalue weighted by Gasteiger charge is -2.06. The van der Waals surface area contributed by atoms with Crippen LogP contribution in [0.4, 0.5) is 5.82 Å². The lowest BCUT2D eigenvalue weighted by molar-refractivity contribution is -0.140. The minimum atomic E-state index is -0.198. The molecule has 0 aromatic carbocycles. The average Bonchev–Trinajstić information content (AvgIpc) is 2.37. The van der Waals surface area contributed by atoms with Gasteiger partial charge in [0.25, 0.3) is 0 Å². The predicted molar refractivity (Wildman–Crippen MR) is 68.3 cm³/mol. The molecule has 0 aliphatic carbocycles. The fraction of sp³-hybridized carbons (Fsp3) is 0.545. The number of rotatable bonds is 6. The third kappa shape index (κ3) is 4.60. The van der Waals surface area contributed by atoms with Crippen LogP contribution in [0.2, 0.25) is 0 Å². The summed E-state index contributed by atoms with van der Waals surface area (Å²) in [6.45, 7) is 2.01. The maximum absolute atomic E-state index is 11.0. The van der Waals surface area contributed by atoms with Gasteiger partial charge in [0, 0.05) is 25.3 Å². The summed E-state index contributed by atoms with van der Waals surface area (Å²) >= 11 is 1.53. The highest BCUT2D eigenvalue weighted by Crippen LogP contribution is 2.19. The van der Waals surface area contributed by atoms with Gasteiger partial charge in [-0.25, -0.2) is 9.97 Å². The molecular formula is C11H17N3O2S. The smallest absolute Gasteiger partial charge is 0.306 e. The highest BCUT2D eigenvalue weighted by Gasteiger charge is 2.05. The normalized spacial score (nSPS) is 10.1. The van der Waals surface area contributed by atoms with Crippen LogP contribution in [0.5, 0.6) is 0 Å². The summed E-state index contributed by atoms with van der Waals surface area (Å²) in [6, 6.07) is 1.88. The van der Waals surface area contributed by atoms with E-state index in [9.17, 15) is 4.79 Å². The van der Waals surface area contributed by atoms with Crippen molar-refractivity contribution in [2.24, 2.45) is 0 Å². The second-order valence-electron chi connectivity index (χ2n) is 3.29. The van der Waals surface area contributed by atoms with Crippen molar-refractivity contribution in [2.45, 2.75) is 24.8 Å². The summed E-state index contributed by atoms with van der Waals surface area (Å²) in [4.78, 5) is 19.7. The third-order valence-corrected chi connectivity index (χ3v) is 3.02. The van der Waals surface area contributed by atoms with Gasteiger partial charge in [0.2, 0.25) is 0 Å². The Hall–Kier alpha value is -1.30. The van der Waals surface area contributed by atoms with E-state index in [0.29, 0.717) is 12.2 Å². The Balaban J connectivity index is 2.60. The van der Waals surface area contributed by atoms with Crippen LogP contribution < -0.4 is 5.32 Å². The molecule has 1 rings (SSSR count). The van der Waals surface area contributed by atoms with Gasteiger partial charge in [0.1, 0.15) is 16.7 Å². The maximum atomic E-state index is 11.0. The monoisotopic (exact) mass is 255 g/mol. The van der Waals surface area contributed by atoms with Crippen molar-refractivity contribution in [3.05, 3.63) is 11.9 Å². The van der Waals surface area contributed by atoms with Crippen molar-refractivity contribution in [3.8, 4) is 0 Å². The molecule has 0 aliphatic rings. The zero-order valence-electron chi connectivity index (χ0n) is 10.3. The minimum absolute atomic E-state index is 0.198. The van der Waals surface area contributed by atoms with E-state index in [0.717, 1.165) is 23.1 Å². The van der Waals surface area contributed by atoms with Gasteiger partial charge in [-0.1, -0.05) is 6.92 Å². The first-order valence-corrected chi connectivity index (χ1v) is 6.43. The van der Waals surface area contributed by atoms with Gasteiger partial charge in [0.15, 0.2) is 0 Å². The number of methoxy groups -OCH3 is 1. The topological polar surface area (TPSA) is 64.1 Å². The molecule has 5 nitrogen and oxygen atoms in total. The van der Waals surface area contributed by atoms with Crippen LogP contribution in [-0.4, -0.2) is 35.8 Å². The number of carbonyl (C=O) groups excluding carboxylic acids is 1. The molecule has 0 unspecified atom stereocenters. The maximum Gasteiger partial charge on any atom is 0.306 e. The number of ether oxygens (including phenoxy) is 1. The largest absolute Gasteiger partial charge is 0.469 e. The third-order valence-electron chi connectivity index (χ3n) is 2.11. The Morgan fingerprint density at radius 1 is 1.53 bits per heavy atom. The minimum Gasteiger partial charge on any atom is -0.469 e. The highest BCUT2D eigenvalue weighted by atomic mass is 32.2. The summed E-state index contributed by atoms with van der Waals surface area (Å²) in [6.07, 6.45) is 1.18. The molecule has 6 heteroatoms. The van der Waals surface area contributed by atoms with Crippen molar-refractivity contribution >= 4 is 23.5 Å². The summed E-state index contributed by atoms with van der Waals surface area (Å²) < 4.78 is 4.58. The van der Waals surface area contributed by atoms with Crippen LogP contribution in [0.25, 0.3) is 0 Å². The molecule has 0 bridgehead atoms. The van der Waals surface area contributed by atoms with E-state index in [-0.39, 0.29) is 5.97 Å². The number of hydrogen-bond acceptors (Lipinski definition) is 6. The van der Waals surface area contributed by atoms with Crippen LogP contribution in [0.15, 0.2) is 11.1 Å². The number of nitrogens with one attached hydrogen (secondary N) is 1. The van der Waals surface area contributed by atoms with Crippen LogP contribution in [0.3, 0.4) is 0 Å². The highest BCUT2D eigenvalue weighted by molar-refractivity contribution is 7.99. The number of anilines is 1. The molecular weight excluding hydrogens is 238 g/mol. The average molecular weight is 255 g/mol. The first-order chi connectivity index (χ1) is 8.19. The molecule has 1 aromatic heterocycles. The quantitative estimate of drug-likeness (QED) is 0.474. The molecule has 0 aliphatic heterocycles. The van der Waals surface area contributed by atoms with Gasteiger partial charge in [-0.2, -0.15) is 0 Å². The number of nitrogens with zero attached hydrogens (tertiary/aromatic N) is 2. The summed E-state index contributed by atoms with van der Waals surface area (Å²) in [5.41, 5.74) is 0. The first-order valence-electron chi connectivity index (χ1n) is 5.45. The van der Waals surface area contributed by atoms with Gasteiger partial charge < -0.3 is 10.1 Å². The molecule has 0 saturated heterocycles. The van der Waals surface area contributed by atoms with Crippen molar-refractivity contribution in [3.63, 3.8) is 0 Å². The van der Waals surface area contributed by atoms with E-state index in [2.05, 4.69) is 20.0 Å². The van der Waals surface area contributed by atoms with Crippen molar-refractivity contribution in [1.82, 2.24) is 9.97 Å². The molecule has 1 aromatic rings.